The second-order valence-electron chi connectivity index (χ2n) is 3.51. The Bertz CT molecular complexity index is 555. The molecule has 0 bridgehead atoms. The van der Waals surface area contributed by atoms with Crippen molar-refractivity contribution >= 4 is 17.2 Å². The molecule has 1 heterocycles. The normalized spacial score (nSPS) is 9.83. The molecule has 0 fully saturated rings. The van der Waals surface area contributed by atoms with Gasteiger partial charge in [0.2, 0.25) is 0 Å². The minimum absolute atomic E-state index is 0.000937. The molecule has 0 spiro atoms. The standard InChI is InChI=1S/C12H11N3O3/c1-18-11-4-2-9(3-5-11)14-12-8-10(15(16)17)6-7-13-12/h2-8H,1H3,(H,13,14). The van der Waals surface area contributed by atoms with Crippen molar-refractivity contribution in [3.8, 4) is 5.75 Å². The first-order valence-corrected chi connectivity index (χ1v) is 5.20. The Balaban J connectivity index is 2.17. The van der Waals surface area contributed by atoms with Crippen LogP contribution in [-0.2, 0) is 0 Å². The van der Waals surface area contributed by atoms with Crippen LogP contribution in [0.25, 0.3) is 0 Å². The Hall–Kier alpha value is -2.63. The van der Waals surface area contributed by atoms with Gasteiger partial charge in [0, 0.05) is 18.0 Å². The summed E-state index contributed by atoms with van der Waals surface area (Å²) in [6.45, 7) is 0. The molecule has 6 heteroatoms. The number of ether oxygens (including phenoxy) is 1. The van der Waals surface area contributed by atoms with Crippen molar-refractivity contribution in [2.75, 3.05) is 12.4 Å². The minimum Gasteiger partial charge on any atom is -0.497 e. The monoisotopic (exact) mass is 245 g/mol. The minimum atomic E-state index is -0.457. The molecule has 0 atom stereocenters. The molecule has 0 radical (unpaired) electrons. The van der Waals surface area contributed by atoms with Crippen molar-refractivity contribution < 1.29 is 9.66 Å². The maximum absolute atomic E-state index is 10.6. The van der Waals surface area contributed by atoms with Crippen molar-refractivity contribution in [2.45, 2.75) is 0 Å². The van der Waals surface area contributed by atoms with Crippen molar-refractivity contribution in [1.82, 2.24) is 4.98 Å². The molecule has 18 heavy (non-hydrogen) atoms. The molecule has 92 valence electrons. The first-order chi connectivity index (χ1) is 8.69. The molecule has 0 amide bonds. The second kappa shape index (κ2) is 5.13. The molecule has 0 saturated heterocycles. The number of nitrogens with one attached hydrogen (secondary N) is 1. The lowest BCUT2D eigenvalue weighted by molar-refractivity contribution is -0.384. The van der Waals surface area contributed by atoms with Gasteiger partial charge in [-0.3, -0.25) is 10.1 Å². The van der Waals surface area contributed by atoms with E-state index in [0.29, 0.717) is 5.82 Å². The fraction of sp³-hybridized carbons (Fsp3) is 0.0833. The smallest absolute Gasteiger partial charge is 0.274 e. The van der Waals surface area contributed by atoms with Gasteiger partial charge in [0.05, 0.1) is 18.1 Å². The summed E-state index contributed by atoms with van der Waals surface area (Å²) in [5.74, 6) is 1.17. The van der Waals surface area contributed by atoms with Crippen LogP contribution in [0.1, 0.15) is 0 Å². The SMILES string of the molecule is COc1ccc(Nc2cc([N+](=O)[O-])ccn2)cc1. The summed E-state index contributed by atoms with van der Waals surface area (Å²) in [4.78, 5) is 14.2. The fourth-order valence-corrected chi connectivity index (χ4v) is 1.42. The topological polar surface area (TPSA) is 77.3 Å². The molecule has 0 aliphatic carbocycles. The van der Waals surface area contributed by atoms with E-state index in [0.717, 1.165) is 11.4 Å². The molecular formula is C12H11N3O3. The number of hydrogen-bond acceptors (Lipinski definition) is 5. The summed E-state index contributed by atoms with van der Waals surface area (Å²) < 4.78 is 5.04. The van der Waals surface area contributed by atoms with E-state index < -0.39 is 4.92 Å². The first kappa shape index (κ1) is 11.8. The number of benzene rings is 1. The molecule has 1 aromatic heterocycles. The Labute approximate surface area is 103 Å². The summed E-state index contributed by atoms with van der Waals surface area (Å²) in [6.07, 6.45) is 1.39. The predicted molar refractivity (Wildman–Crippen MR) is 67.2 cm³/mol. The Morgan fingerprint density at radius 2 is 2.00 bits per heavy atom. The highest BCUT2D eigenvalue weighted by molar-refractivity contribution is 5.59. The highest BCUT2D eigenvalue weighted by Crippen LogP contribution is 2.21. The summed E-state index contributed by atoms with van der Waals surface area (Å²) in [5.41, 5.74) is 0.782. The molecule has 0 aliphatic rings. The zero-order valence-corrected chi connectivity index (χ0v) is 9.66. The van der Waals surface area contributed by atoms with Gasteiger partial charge in [-0.2, -0.15) is 0 Å². The van der Waals surface area contributed by atoms with E-state index in [4.69, 9.17) is 4.74 Å². The van der Waals surface area contributed by atoms with Gasteiger partial charge in [-0.1, -0.05) is 0 Å². The third-order valence-corrected chi connectivity index (χ3v) is 2.32. The number of anilines is 2. The van der Waals surface area contributed by atoms with E-state index in [1.54, 1.807) is 31.4 Å². The molecule has 1 aromatic carbocycles. The third-order valence-electron chi connectivity index (χ3n) is 2.32. The van der Waals surface area contributed by atoms with E-state index in [1.807, 2.05) is 0 Å². The number of nitro groups is 1. The van der Waals surface area contributed by atoms with Gasteiger partial charge in [0.25, 0.3) is 5.69 Å². The van der Waals surface area contributed by atoms with Gasteiger partial charge >= 0.3 is 0 Å². The molecule has 2 rings (SSSR count). The molecule has 0 aliphatic heterocycles. The Kier molecular flexibility index (Phi) is 3.38. The molecular weight excluding hydrogens is 234 g/mol. The van der Waals surface area contributed by atoms with Gasteiger partial charge < -0.3 is 10.1 Å². The van der Waals surface area contributed by atoms with Crippen LogP contribution in [0.15, 0.2) is 42.6 Å². The zero-order valence-electron chi connectivity index (χ0n) is 9.66. The number of rotatable bonds is 4. The number of pyridine rings is 1. The van der Waals surface area contributed by atoms with E-state index in [1.165, 1.54) is 18.3 Å². The largest absolute Gasteiger partial charge is 0.497 e. The number of nitrogens with zero attached hydrogens (tertiary/aromatic N) is 2. The van der Waals surface area contributed by atoms with Crippen molar-refractivity contribution in [1.29, 1.82) is 0 Å². The lowest BCUT2D eigenvalue weighted by Gasteiger charge is -2.06. The van der Waals surface area contributed by atoms with Crippen molar-refractivity contribution in [3.05, 3.63) is 52.7 Å². The highest BCUT2D eigenvalue weighted by Gasteiger charge is 2.06. The Morgan fingerprint density at radius 1 is 1.28 bits per heavy atom. The van der Waals surface area contributed by atoms with Crippen molar-refractivity contribution in [2.24, 2.45) is 0 Å². The van der Waals surface area contributed by atoms with Gasteiger partial charge in [0.15, 0.2) is 0 Å². The van der Waals surface area contributed by atoms with Crippen LogP contribution >= 0.6 is 0 Å². The first-order valence-electron chi connectivity index (χ1n) is 5.20. The van der Waals surface area contributed by atoms with E-state index in [9.17, 15) is 10.1 Å². The van der Waals surface area contributed by atoms with Crippen LogP contribution in [0.5, 0.6) is 5.75 Å². The predicted octanol–water partition coefficient (Wildman–Crippen LogP) is 2.74. The van der Waals surface area contributed by atoms with Gasteiger partial charge in [-0.05, 0) is 24.3 Å². The lowest BCUT2D eigenvalue weighted by Crippen LogP contribution is -1.95. The average Bonchev–Trinajstić information content (AvgIpc) is 2.40. The van der Waals surface area contributed by atoms with E-state index in [-0.39, 0.29) is 5.69 Å². The fourth-order valence-electron chi connectivity index (χ4n) is 1.42. The van der Waals surface area contributed by atoms with Gasteiger partial charge in [0.1, 0.15) is 11.6 Å². The number of methoxy groups -OCH3 is 1. The molecule has 0 unspecified atom stereocenters. The lowest BCUT2D eigenvalue weighted by atomic mass is 10.3. The van der Waals surface area contributed by atoms with Crippen LogP contribution in [0.3, 0.4) is 0 Å². The highest BCUT2D eigenvalue weighted by atomic mass is 16.6. The van der Waals surface area contributed by atoms with Gasteiger partial charge in [-0.25, -0.2) is 4.98 Å². The maximum atomic E-state index is 10.6. The summed E-state index contributed by atoms with van der Waals surface area (Å²) >= 11 is 0. The van der Waals surface area contributed by atoms with Crippen LogP contribution in [0.4, 0.5) is 17.2 Å². The molecule has 2 aromatic rings. The zero-order chi connectivity index (χ0) is 13.0. The Morgan fingerprint density at radius 3 is 2.61 bits per heavy atom. The second-order valence-corrected chi connectivity index (χ2v) is 3.51. The van der Waals surface area contributed by atoms with Crippen LogP contribution in [-0.4, -0.2) is 17.0 Å². The van der Waals surface area contributed by atoms with E-state index in [2.05, 4.69) is 10.3 Å². The quantitative estimate of drug-likeness (QED) is 0.662. The summed E-state index contributed by atoms with van der Waals surface area (Å²) in [5, 5.41) is 13.6. The van der Waals surface area contributed by atoms with Crippen LogP contribution in [0.2, 0.25) is 0 Å². The maximum Gasteiger partial charge on any atom is 0.274 e. The van der Waals surface area contributed by atoms with Gasteiger partial charge in [-0.15, -0.1) is 0 Å². The van der Waals surface area contributed by atoms with Crippen molar-refractivity contribution in [3.63, 3.8) is 0 Å². The average molecular weight is 245 g/mol. The van der Waals surface area contributed by atoms with Crippen LogP contribution in [0, 0.1) is 10.1 Å². The molecule has 0 saturated carbocycles. The number of aromatic nitrogens is 1. The van der Waals surface area contributed by atoms with E-state index >= 15 is 0 Å². The van der Waals surface area contributed by atoms with Crippen LogP contribution < -0.4 is 10.1 Å². The summed E-state index contributed by atoms with van der Waals surface area (Å²) in [6, 6.07) is 9.92. The molecule has 1 N–H and O–H groups in total. The summed E-state index contributed by atoms with van der Waals surface area (Å²) in [7, 11) is 1.59. The third kappa shape index (κ3) is 2.73. The number of hydrogen-bond donors (Lipinski definition) is 1. The molecule has 6 nitrogen and oxygen atoms in total.